The van der Waals surface area contributed by atoms with Crippen molar-refractivity contribution < 1.29 is 19.1 Å². The molecular formula is C23H25N3O4. The first-order valence-electron chi connectivity index (χ1n) is 10.1. The number of hydrogen-bond donors (Lipinski definition) is 2. The van der Waals surface area contributed by atoms with E-state index in [1.165, 1.54) is 0 Å². The molecule has 156 valence electrons. The van der Waals surface area contributed by atoms with Gasteiger partial charge in [0, 0.05) is 12.2 Å². The number of likely N-dealkylation sites (tertiary alicyclic amines) is 1. The topological polar surface area (TPSA) is 102 Å². The molecule has 7 nitrogen and oxygen atoms in total. The number of benzene rings is 2. The summed E-state index contributed by atoms with van der Waals surface area (Å²) in [6, 6.07) is 17.4. The van der Waals surface area contributed by atoms with Crippen molar-refractivity contribution >= 4 is 23.4 Å². The van der Waals surface area contributed by atoms with Crippen molar-refractivity contribution in [3.63, 3.8) is 0 Å². The molecule has 2 heterocycles. The molecular weight excluding hydrogens is 382 g/mol. The number of carbonyl (C=O) groups excluding carboxylic acids is 3. The number of carbonyl (C=O) groups is 3. The van der Waals surface area contributed by atoms with E-state index in [2.05, 4.69) is 5.32 Å². The first kappa shape index (κ1) is 20.1. The summed E-state index contributed by atoms with van der Waals surface area (Å²) in [4.78, 5) is 38.8. The van der Waals surface area contributed by atoms with Gasteiger partial charge in [0.05, 0.1) is 11.5 Å². The van der Waals surface area contributed by atoms with Crippen LogP contribution in [0.25, 0.3) is 0 Å². The Balaban J connectivity index is 1.62. The lowest BCUT2D eigenvalue weighted by Crippen LogP contribution is -2.49. The maximum absolute atomic E-state index is 13.2. The minimum Gasteiger partial charge on any atom is -0.368 e. The summed E-state index contributed by atoms with van der Waals surface area (Å²) in [6.07, 6.45) is 1.94. The molecule has 4 rings (SSSR count). The second-order valence-corrected chi connectivity index (χ2v) is 7.81. The Morgan fingerprint density at radius 3 is 2.60 bits per heavy atom. The molecule has 3 amide bonds. The van der Waals surface area contributed by atoms with Crippen LogP contribution in [0.1, 0.15) is 24.0 Å². The number of para-hydroxylation sites is 1. The number of nitrogens with zero attached hydrogens (tertiary/aromatic N) is 1. The maximum atomic E-state index is 13.2. The van der Waals surface area contributed by atoms with Gasteiger partial charge in [0.2, 0.25) is 17.7 Å². The Morgan fingerprint density at radius 2 is 1.83 bits per heavy atom. The predicted molar refractivity (Wildman–Crippen MR) is 112 cm³/mol. The number of primary amides is 1. The highest BCUT2D eigenvalue weighted by atomic mass is 16.5. The fourth-order valence-electron chi connectivity index (χ4n) is 4.77. The lowest BCUT2D eigenvalue weighted by Gasteiger charge is -2.34. The van der Waals surface area contributed by atoms with E-state index in [1.54, 1.807) is 4.90 Å². The minimum atomic E-state index is -0.773. The van der Waals surface area contributed by atoms with Crippen LogP contribution in [0.2, 0.25) is 0 Å². The molecule has 1 fully saturated rings. The normalized spacial score (nSPS) is 22.2. The summed E-state index contributed by atoms with van der Waals surface area (Å²) in [5, 5.41) is 3.01. The molecule has 2 atom stereocenters. The van der Waals surface area contributed by atoms with Crippen LogP contribution in [-0.4, -0.2) is 48.4 Å². The van der Waals surface area contributed by atoms with Crippen molar-refractivity contribution in [3.8, 4) is 0 Å². The zero-order valence-corrected chi connectivity index (χ0v) is 16.7. The first-order valence-corrected chi connectivity index (χ1v) is 10.1. The number of fused-ring (bicyclic) bond motifs is 2. The van der Waals surface area contributed by atoms with Gasteiger partial charge in [-0.2, -0.15) is 0 Å². The van der Waals surface area contributed by atoms with E-state index in [9.17, 15) is 14.4 Å². The summed E-state index contributed by atoms with van der Waals surface area (Å²) in [5.74, 6) is -0.913. The largest absolute Gasteiger partial charge is 0.368 e. The van der Waals surface area contributed by atoms with Gasteiger partial charge >= 0.3 is 0 Å². The van der Waals surface area contributed by atoms with Gasteiger partial charge in [0.15, 0.2) is 0 Å². The average molecular weight is 407 g/mol. The third-order valence-corrected chi connectivity index (χ3v) is 6.09. The Hall–Kier alpha value is -3.19. The molecule has 0 radical (unpaired) electrons. The SMILES string of the molecule is NC(=O)COCC(=O)N1CC[C@]2(C(=O)Nc3ccccc32)[C@@H]1CCc1ccccc1. The Kier molecular flexibility index (Phi) is 5.55. The highest BCUT2D eigenvalue weighted by Crippen LogP contribution is 2.49. The van der Waals surface area contributed by atoms with E-state index < -0.39 is 11.3 Å². The van der Waals surface area contributed by atoms with Crippen LogP contribution >= 0.6 is 0 Å². The van der Waals surface area contributed by atoms with Crippen LogP contribution in [0.4, 0.5) is 5.69 Å². The molecule has 1 saturated heterocycles. The van der Waals surface area contributed by atoms with Crippen LogP contribution in [0.3, 0.4) is 0 Å². The Morgan fingerprint density at radius 1 is 1.10 bits per heavy atom. The third-order valence-electron chi connectivity index (χ3n) is 6.09. The fraction of sp³-hybridized carbons (Fsp3) is 0.348. The van der Waals surface area contributed by atoms with Crippen molar-refractivity contribution in [1.82, 2.24) is 4.90 Å². The number of rotatable bonds is 7. The molecule has 0 aliphatic carbocycles. The summed E-state index contributed by atoms with van der Waals surface area (Å²) < 4.78 is 5.16. The number of ether oxygens (including phenoxy) is 1. The zero-order chi connectivity index (χ0) is 21.1. The number of aryl methyl sites for hydroxylation is 1. The van der Waals surface area contributed by atoms with Crippen molar-refractivity contribution in [2.24, 2.45) is 5.73 Å². The summed E-state index contributed by atoms with van der Waals surface area (Å²) in [6.45, 7) is -0.0766. The molecule has 2 aliphatic rings. The smallest absolute Gasteiger partial charge is 0.248 e. The van der Waals surface area contributed by atoms with Crippen LogP contribution in [0.5, 0.6) is 0 Å². The summed E-state index contributed by atoms with van der Waals surface area (Å²) >= 11 is 0. The first-order chi connectivity index (χ1) is 14.5. The average Bonchev–Trinajstić information content (AvgIpc) is 3.26. The van der Waals surface area contributed by atoms with Crippen LogP contribution < -0.4 is 11.1 Å². The molecule has 7 heteroatoms. The number of hydrogen-bond acceptors (Lipinski definition) is 4. The minimum absolute atomic E-state index is 0.0601. The molecule has 2 aromatic carbocycles. The van der Waals surface area contributed by atoms with Crippen molar-refractivity contribution in [2.75, 3.05) is 25.1 Å². The lowest BCUT2D eigenvalue weighted by atomic mass is 9.73. The van der Waals surface area contributed by atoms with Crippen LogP contribution in [-0.2, 0) is 31.0 Å². The predicted octanol–water partition coefficient (Wildman–Crippen LogP) is 1.61. The molecule has 2 aliphatic heterocycles. The van der Waals surface area contributed by atoms with E-state index in [0.29, 0.717) is 19.4 Å². The second kappa shape index (κ2) is 8.28. The molecule has 1 spiro atoms. The Labute approximate surface area is 175 Å². The van der Waals surface area contributed by atoms with Gasteiger partial charge in [-0.05, 0) is 36.5 Å². The summed E-state index contributed by atoms with van der Waals surface area (Å²) in [7, 11) is 0. The van der Waals surface area contributed by atoms with Gasteiger partial charge in [-0.3, -0.25) is 14.4 Å². The van der Waals surface area contributed by atoms with E-state index >= 15 is 0 Å². The van der Waals surface area contributed by atoms with Gasteiger partial charge in [0.1, 0.15) is 13.2 Å². The molecule has 2 aromatic rings. The number of nitrogens with one attached hydrogen (secondary N) is 1. The van der Waals surface area contributed by atoms with Gasteiger partial charge in [0.25, 0.3) is 0 Å². The standard InChI is InChI=1S/C23H25N3O4/c24-20(27)14-30-15-21(28)26-13-12-23(17-8-4-5-9-18(17)25-22(23)29)19(26)11-10-16-6-2-1-3-7-16/h1-9,19H,10-15H2,(H2,24,27)(H,25,29)/t19-,23+/m0/s1. The summed E-state index contributed by atoms with van der Waals surface area (Å²) in [5.41, 5.74) is 7.24. The maximum Gasteiger partial charge on any atom is 0.248 e. The highest BCUT2D eigenvalue weighted by molar-refractivity contribution is 6.07. The van der Waals surface area contributed by atoms with Gasteiger partial charge in [-0.25, -0.2) is 0 Å². The van der Waals surface area contributed by atoms with E-state index in [-0.39, 0.29) is 31.1 Å². The highest BCUT2D eigenvalue weighted by Gasteiger charge is 2.58. The number of anilines is 1. The van der Waals surface area contributed by atoms with Crippen LogP contribution in [0.15, 0.2) is 54.6 Å². The molecule has 0 aromatic heterocycles. The van der Waals surface area contributed by atoms with E-state index in [1.807, 2.05) is 54.6 Å². The molecule has 30 heavy (non-hydrogen) atoms. The monoisotopic (exact) mass is 407 g/mol. The van der Waals surface area contributed by atoms with Gasteiger partial charge in [-0.15, -0.1) is 0 Å². The van der Waals surface area contributed by atoms with Crippen molar-refractivity contribution in [1.29, 1.82) is 0 Å². The fourth-order valence-corrected chi connectivity index (χ4v) is 4.77. The molecule has 0 bridgehead atoms. The number of nitrogens with two attached hydrogens (primary N) is 1. The molecule has 0 saturated carbocycles. The second-order valence-electron chi connectivity index (χ2n) is 7.81. The van der Waals surface area contributed by atoms with Gasteiger partial charge < -0.3 is 20.7 Å². The van der Waals surface area contributed by atoms with Crippen molar-refractivity contribution in [2.45, 2.75) is 30.7 Å². The zero-order valence-electron chi connectivity index (χ0n) is 16.7. The number of amides is 3. The van der Waals surface area contributed by atoms with E-state index in [0.717, 1.165) is 23.2 Å². The van der Waals surface area contributed by atoms with Gasteiger partial charge in [-0.1, -0.05) is 48.5 Å². The third kappa shape index (κ3) is 3.57. The molecule has 3 N–H and O–H groups in total. The van der Waals surface area contributed by atoms with E-state index in [4.69, 9.17) is 10.5 Å². The van der Waals surface area contributed by atoms with Crippen molar-refractivity contribution in [3.05, 3.63) is 65.7 Å². The van der Waals surface area contributed by atoms with Crippen LogP contribution in [0, 0.1) is 0 Å². The lowest BCUT2D eigenvalue weighted by molar-refractivity contribution is -0.139. The Bertz CT molecular complexity index is 962. The molecule has 0 unspecified atom stereocenters. The quantitative estimate of drug-likeness (QED) is 0.728.